The van der Waals surface area contributed by atoms with Gasteiger partial charge in [-0.15, -0.1) is 0 Å². The van der Waals surface area contributed by atoms with Gasteiger partial charge in [-0.25, -0.2) is 0 Å². The van der Waals surface area contributed by atoms with Crippen LogP contribution in [0.2, 0.25) is 5.02 Å². The molecule has 6 heteroatoms. The monoisotopic (exact) mass is 342 g/mol. The summed E-state index contributed by atoms with van der Waals surface area (Å²) in [4.78, 5) is 18.5. The molecular formula is C18H15ClN2O3. The highest BCUT2D eigenvalue weighted by Crippen LogP contribution is 2.30. The van der Waals surface area contributed by atoms with Crippen LogP contribution < -0.4 is 10.5 Å². The predicted octanol–water partition coefficient (Wildman–Crippen LogP) is 3.35. The summed E-state index contributed by atoms with van der Waals surface area (Å²) < 4.78 is 11.4. The van der Waals surface area contributed by atoms with Crippen molar-refractivity contribution in [3.8, 4) is 11.1 Å². The minimum atomic E-state index is -0.284. The fourth-order valence-corrected chi connectivity index (χ4v) is 2.95. The number of anilines is 1. The second kappa shape index (κ2) is 6.26. The molecule has 5 nitrogen and oxygen atoms in total. The summed E-state index contributed by atoms with van der Waals surface area (Å²) >= 11 is 5.97. The number of morpholine rings is 1. The van der Waals surface area contributed by atoms with Crippen molar-refractivity contribution in [2.75, 3.05) is 31.2 Å². The van der Waals surface area contributed by atoms with Gasteiger partial charge in [-0.3, -0.25) is 4.79 Å². The van der Waals surface area contributed by atoms with Crippen LogP contribution in [-0.2, 0) is 4.74 Å². The third kappa shape index (κ3) is 2.77. The molecule has 0 aliphatic carbocycles. The van der Waals surface area contributed by atoms with E-state index in [0.717, 1.165) is 11.1 Å². The van der Waals surface area contributed by atoms with Gasteiger partial charge >= 0.3 is 6.01 Å². The first-order valence-corrected chi connectivity index (χ1v) is 8.13. The van der Waals surface area contributed by atoms with E-state index in [1.54, 1.807) is 6.07 Å². The van der Waals surface area contributed by atoms with E-state index in [-0.39, 0.29) is 5.56 Å². The van der Waals surface area contributed by atoms with Crippen molar-refractivity contribution in [3.63, 3.8) is 0 Å². The van der Waals surface area contributed by atoms with E-state index in [4.69, 9.17) is 20.8 Å². The number of rotatable bonds is 2. The van der Waals surface area contributed by atoms with Crippen molar-refractivity contribution in [2.45, 2.75) is 0 Å². The van der Waals surface area contributed by atoms with Crippen LogP contribution in [0.5, 0.6) is 0 Å². The molecule has 0 N–H and O–H groups in total. The second-order valence-electron chi connectivity index (χ2n) is 5.59. The number of fused-ring (bicyclic) bond motifs is 1. The van der Waals surface area contributed by atoms with E-state index in [1.165, 1.54) is 0 Å². The number of hydrogen-bond acceptors (Lipinski definition) is 5. The Morgan fingerprint density at radius 1 is 1.04 bits per heavy atom. The van der Waals surface area contributed by atoms with Gasteiger partial charge in [0.1, 0.15) is 0 Å². The van der Waals surface area contributed by atoms with Crippen LogP contribution in [0, 0.1) is 0 Å². The van der Waals surface area contributed by atoms with Crippen LogP contribution in [0.1, 0.15) is 0 Å². The third-order valence-corrected chi connectivity index (χ3v) is 4.32. The third-order valence-electron chi connectivity index (χ3n) is 4.07. The molecule has 0 spiro atoms. The maximum absolute atomic E-state index is 12.4. The molecule has 0 radical (unpaired) electrons. The topological polar surface area (TPSA) is 55.6 Å². The first-order valence-electron chi connectivity index (χ1n) is 7.75. The Morgan fingerprint density at radius 2 is 1.79 bits per heavy atom. The zero-order valence-corrected chi connectivity index (χ0v) is 13.6. The molecule has 2 heterocycles. The van der Waals surface area contributed by atoms with Gasteiger partial charge in [0, 0.05) is 23.7 Å². The average Bonchev–Trinajstić information content (AvgIpc) is 2.63. The van der Waals surface area contributed by atoms with Gasteiger partial charge in [0.05, 0.1) is 18.6 Å². The molecule has 0 saturated carbocycles. The number of halogens is 1. The van der Waals surface area contributed by atoms with Gasteiger partial charge in [0.25, 0.3) is 5.56 Å². The number of ether oxygens (including phenoxy) is 1. The smallest absolute Gasteiger partial charge is 0.301 e. The highest BCUT2D eigenvalue weighted by Gasteiger charge is 2.18. The predicted molar refractivity (Wildman–Crippen MR) is 93.8 cm³/mol. The molecule has 122 valence electrons. The van der Waals surface area contributed by atoms with Crippen LogP contribution in [0.25, 0.3) is 22.1 Å². The molecule has 0 unspecified atom stereocenters. The maximum Gasteiger partial charge on any atom is 0.301 e. The number of hydrogen-bond donors (Lipinski definition) is 0. The summed E-state index contributed by atoms with van der Waals surface area (Å²) in [5, 5.41) is 1.13. The SMILES string of the molecule is O=c1nc(N2CCOCC2)oc2c(-c3ccc(Cl)cc3)cccc12. The molecule has 2 aromatic carbocycles. The Balaban J connectivity index is 1.89. The van der Waals surface area contributed by atoms with Crippen LogP contribution >= 0.6 is 11.6 Å². The molecule has 0 amide bonds. The first-order chi connectivity index (χ1) is 11.7. The number of aromatic nitrogens is 1. The Kier molecular flexibility index (Phi) is 3.96. The second-order valence-corrected chi connectivity index (χ2v) is 6.03. The van der Waals surface area contributed by atoms with Crippen molar-refractivity contribution in [2.24, 2.45) is 0 Å². The molecule has 1 saturated heterocycles. The van der Waals surface area contributed by atoms with Crippen molar-refractivity contribution >= 4 is 28.6 Å². The lowest BCUT2D eigenvalue weighted by Crippen LogP contribution is -2.37. The van der Waals surface area contributed by atoms with Gasteiger partial charge in [0.2, 0.25) is 0 Å². The number of benzene rings is 2. The molecule has 0 bridgehead atoms. The zero-order valence-electron chi connectivity index (χ0n) is 12.9. The number of nitrogens with zero attached hydrogens (tertiary/aromatic N) is 2. The van der Waals surface area contributed by atoms with Crippen molar-refractivity contribution < 1.29 is 9.15 Å². The lowest BCUT2D eigenvalue weighted by molar-refractivity contribution is 0.120. The molecular weight excluding hydrogens is 328 g/mol. The highest BCUT2D eigenvalue weighted by molar-refractivity contribution is 6.30. The normalized spacial score (nSPS) is 15.0. The molecule has 1 aliphatic rings. The standard InChI is InChI=1S/C18H15ClN2O3/c19-13-6-4-12(5-7-13)14-2-1-3-15-16(14)24-18(20-17(15)22)21-8-10-23-11-9-21/h1-7H,8-11H2. The molecule has 0 atom stereocenters. The Labute approximate surface area is 143 Å². The molecule has 1 fully saturated rings. The zero-order chi connectivity index (χ0) is 16.5. The van der Waals surface area contributed by atoms with E-state index >= 15 is 0 Å². The molecule has 24 heavy (non-hydrogen) atoms. The summed E-state index contributed by atoms with van der Waals surface area (Å²) in [6, 6.07) is 13.3. The van der Waals surface area contributed by atoms with E-state index in [9.17, 15) is 4.79 Å². The van der Waals surface area contributed by atoms with E-state index < -0.39 is 0 Å². The largest absolute Gasteiger partial charge is 0.424 e. The van der Waals surface area contributed by atoms with Crippen molar-refractivity contribution in [1.82, 2.24) is 4.98 Å². The fraction of sp³-hybridized carbons (Fsp3) is 0.222. The van der Waals surface area contributed by atoms with Gasteiger partial charge in [-0.05, 0) is 23.8 Å². The molecule has 4 rings (SSSR count). The fourth-order valence-electron chi connectivity index (χ4n) is 2.82. The highest BCUT2D eigenvalue weighted by atomic mass is 35.5. The number of para-hydroxylation sites is 1. The van der Waals surface area contributed by atoms with Crippen molar-refractivity contribution in [3.05, 3.63) is 57.8 Å². The Morgan fingerprint density at radius 3 is 2.54 bits per heavy atom. The summed E-state index contributed by atoms with van der Waals surface area (Å²) in [6.45, 7) is 2.51. The molecule has 1 aliphatic heterocycles. The first kappa shape index (κ1) is 15.2. The minimum Gasteiger partial charge on any atom is -0.424 e. The summed E-state index contributed by atoms with van der Waals surface area (Å²) in [6.07, 6.45) is 0. The summed E-state index contributed by atoms with van der Waals surface area (Å²) in [5.74, 6) is 0. The van der Waals surface area contributed by atoms with Crippen LogP contribution in [0.15, 0.2) is 51.7 Å². The summed E-state index contributed by atoms with van der Waals surface area (Å²) in [7, 11) is 0. The van der Waals surface area contributed by atoms with Gasteiger partial charge < -0.3 is 14.1 Å². The lowest BCUT2D eigenvalue weighted by Gasteiger charge is -2.26. The average molecular weight is 343 g/mol. The van der Waals surface area contributed by atoms with Gasteiger partial charge in [-0.2, -0.15) is 4.98 Å². The molecule has 1 aromatic heterocycles. The van der Waals surface area contributed by atoms with Gasteiger partial charge in [-0.1, -0.05) is 35.9 Å². The lowest BCUT2D eigenvalue weighted by atomic mass is 10.0. The Bertz CT molecular complexity index is 931. The minimum absolute atomic E-state index is 0.284. The van der Waals surface area contributed by atoms with E-state index in [2.05, 4.69) is 4.98 Å². The van der Waals surface area contributed by atoms with Crippen molar-refractivity contribution in [1.29, 1.82) is 0 Å². The van der Waals surface area contributed by atoms with Crippen LogP contribution in [0.3, 0.4) is 0 Å². The van der Waals surface area contributed by atoms with Crippen LogP contribution in [-0.4, -0.2) is 31.3 Å². The van der Waals surface area contributed by atoms with Gasteiger partial charge in [0.15, 0.2) is 5.58 Å². The van der Waals surface area contributed by atoms with E-state index in [0.29, 0.717) is 48.3 Å². The summed E-state index contributed by atoms with van der Waals surface area (Å²) in [5.41, 5.74) is 2.04. The van der Waals surface area contributed by atoms with Crippen LogP contribution in [0.4, 0.5) is 6.01 Å². The Hall–Kier alpha value is -2.37. The van der Waals surface area contributed by atoms with E-state index in [1.807, 2.05) is 41.3 Å². The maximum atomic E-state index is 12.4. The molecule has 3 aromatic rings. The quantitative estimate of drug-likeness (QED) is 0.715.